The summed E-state index contributed by atoms with van der Waals surface area (Å²) < 4.78 is 6.07. The highest BCUT2D eigenvalue weighted by atomic mass is 16.5. The number of aliphatic hydroxyl groups is 1. The highest BCUT2D eigenvalue weighted by molar-refractivity contribution is 5.48. The van der Waals surface area contributed by atoms with Gasteiger partial charge in [0.25, 0.3) is 0 Å². The van der Waals surface area contributed by atoms with Crippen LogP contribution in [0.15, 0.2) is 18.2 Å². The molecule has 5 atom stereocenters. The van der Waals surface area contributed by atoms with Gasteiger partial charge >= 0.3 is 0 Å². The molecule has 4 heteroatoms. The zero-order chi connectivity index (χ0) is 19.8. The van der Waals surface area contributed by atoms with Crippen LogP contribution in [0.3, 0.4) is 0 Å². The molecule has 1 aromatic rings. The quantitative estimate of drug-likeness (QED) is 0.799. The summed E-state index contributed by atoms with van der Waals surface area (Å²) in [4.78, 5) is 2.41. The number of hydrogen-bond acceptors (Lipinski definition) is 4. The topological polar surface area (TPSA) is 56.5 Å². The Morgan fingerprint density at radius 2 is 2.00 bits per heavy atom. The lowest BCUT2D eigenvalue weighted by Crippen LogP contribution is -2.64. The lowest BCUT2D eigenvalue weighted by molar-refractivity contribution is -0.161. The summed E-state index contributed by atoms with van der Waals surface area (Å²) >= 11 is 0. The molecular formula is C25H32N2O2. The summed E-state index contributed by atoms with van der Waals surface area (Å²) in [7, 11) is 0. The van der Waals surface area contributed by atoms with Gasteiger partial charge in [-0.25, -0.2) is 0 Å². The van der Waals surface area contributed by atoms with Gasteiger partial charge in [0, 0.05) is 23.6 Å². The van der Waals surface area contributed by atoms with Crippen LogP contribution < -0.4 is 4.74 Å². The molecule has 1 aromatic carbocycles. The van der Waals surface area contributed by atoms with Crippen molar-refractivity contribution < 1.29 is 9.84 Å². The molecule has 0 aromatic heterocycles. The van der Waals surface area contributed by atoms with Gasteiger partial charge in [-0.15, -0.1) is 0 Å². The summed E-state index contributed by atoms with van der Waals surface area (Å²) in [6.07, 6.45) is 8.37. The van der Waals surface area contributed by atoms with Crippen molar-refractivity contribution >= 4 is 0 Å². The summed E-state index contributed by atoms with van der Waals surface area (Å²) in [5, 5.41) is 21.1. The molecule has 3 aliphatic carbocycles. The molecule has 6 aliphatic rings. The second kappa shape index (κ2) is 6.46. The van der Waals surface area contributed by atoms with Crippen LogP contribution in [0.1, 0.15) is 81.3 Å². The number of piperidine rings is 2. The normalized spacial score (nSPS) is 39.6. The third-order valence-electron chi connectivity index (χ3n) is 8.74. The molecule has 3 aliphatic heterocycles. The Morgan fingerprint density at radius 1 is 1.24 bits per heavy atom. The number of rotatable bonds is 5. The first kappa shape index (κ1) is 18.2. The van der Waals surface area contributed by atoms with Gasteiger partial charge in [-0.2, -0.15) is 5.26 Å². The monoisotopic (exact) mass is 392 g/mol. The van der Waals surface area contributed by atoms with Crippen LogP contribution in [-0.2, 0) is 0 Å². The first-order valence-corrected chi connectivity index (χ1v) is 11.7. The van der Waals surface area contributed by atoms with E-state index in [2.05, 4.69) is 36.1 Å². The van der Waals surface area contributed by atoms with E-state index in [0.717, 1.165) is 44.0 Å². The Morgan fingerprint density at radius 3 is 2.69 bits per heavy atom. The van der Waals surface area contributed by atoms with Crippen LogP contribution >= 0.6 is 0 Å². The molecule has 4 nitrogen and oxygen atoms in total. The standard InChI is InChI=1S/C25H32N2O2/c1-15(21-13-29-22-4-2-3-20(24(21)22)17-5-6-17)7-23(28)27-18-8-16-9-19(27)12-25(10-16,11-18)14-26/h2-4,15-19,21,23,28H,5-13H2,1H3. The van der Waals surface area contributed by atoms with Gasteiger partial charge in [-0.05, 0) is 80.8 Å². The third kappa shape index (κ3) is 2.85. The molecule has 3 saturated carbocycles. The number of aliphatic hydroxyl groups excluding tert-OH is 1. The minimum absolute atomic E-state index is 0.101. The molecule has 154 valence electrons. The molecule has 2 saturated heterocycles. The molecule has 1 N–H and O–H groups in total. The summed E-state index contributed by atoms with van der Waals surface area (Å²) in [6.45, 7) is 3.05. The molecule has 0 amide bonds. The van der Waals surface area contributed by atoms with Gasteiger partial charge in [-0.1, -0.05) is 19.1 Å². The van der Waals surface area contributed by atoms with Crippen LogP contribution in [-0.4, -0.2) is 34.9 Å². The lowest BCUT2D eigenvalue weighted by Gasteiger charge is -2.60. The van der Waals surface area contributed by atoms with Gasteiger partial charge in [0.05, 0.1) is 18.1 Å². The third-order valence-corrected chi connectivity index (χ3v) is 8.74. The maximum Gasteiger partial charge on any atom is 0.123 e. The fourth-order valence-corrected chi connectivity index (χ4v) is 7.44. The second-order valence-corrected chi connectivity index (χ2v) is 10.7. The predicted molar refractivity (Wildman–Crippen MR) is 110 cm³/mol. The first-order chi connectivity index (χ1) is 14.1. The zero-order valence-electron chi connectivity index (χ0n) is 17.4. The Bertz CT molecular complexity index is 841. The highest BCUT2D eigenvalue weighted by Crippen LogP contribution is 2.57. The van der Waals surface area contributed by atoms with E-state index in [-0.39, 0.29) is 5.41 Å². The van der Waals surface area contributed by atoms with Gasteiger partial charge in [0.15, 0.2) is 0 Å². The van der Waals surface area contributed by atoms with Crippen LogP contribution in [0.2, 0.25) is 0 Å². The molecule has 0 spiro atoms. The number of nitriles is 1. The van der Waals surface area contributed by atoms with E-state index in [4.69, 9.17) is 4.74 Å². The largest absolute Gasteiger partial charge is 0.493 e. The average molecular weight is 393 g/mol. The zero-order valence-corrected chi connectivity index (χ0v) is 17.4. The lowest BCUT2D eigenvalue weighted by atomic mass is 9.56. The molecule has 4 bridgehead atoms. The van der Waals surface area contributed by atoms with E-state index in [1.165, 1.54) is 36.8 Å². The Labute approximate surface area is 173 Å². The number of benzene rings is 1. The second-order valence-electron chi connectivity index (χ2n) is 10.7. The molecule has 0 radical (unpaired) electrons. The molecule has 29 heavy (non-hydrogen) atoms. The smallest absolute Gasteiger partial charge is 0.123 e. The maximum absolute atomic E-state index is 11.3. The predicted octanol–water partition coefficient (Wildman–Crippen LogP) is 4.54. The van der Waals surface area contributed by atoms with E-state index in [1.807, 2.05) is 0 Å². The summed E-state index contributed by atoms with van der Waals surface area (Å²) in [5.41, 5.74) is 2.82. The first-order valence-electron chi connectivity index (χ1n) is 11.7. The van der Waals surface area contributed by atoms with Crippen molar-refractivity contribution in [2.75, 3.05) is 6.61 Å². The van der Waals surface area contributed by atoms with Crippen LogP contribution in [0.25, 0.3) is 0 Å². The molecular weight excluding hydrogens is 360 g/mol. The number of ether oxygens (including phenoxy) is 1. The van der Waals surface area contributed by atoms with Crippen LogP contribution in [0.5, 0.6) is 5.75 Å². The van der Waals surface area contributed by atoms with E-state index >= 15 is 0 Å². The van der Waals surface area contributed by atoms with Crippen molar-refractivity contribution in [1.82, 2.24) is 4.90 Å². The minimum Gasteiger partial charge on any atom is -0.493 e. The number of nitrogens with zero attached hydrogens (tertiary/aromatic N) is 2. The molecule has 7 rings (SSSR count). The highest BCUT2D eigenvalue weighted by Gasteiger charge is 2.56. The fourth-order valence-electron chi connectivity index (χ4n) is 7.44. The van der Waals surface area contributed by atoms with Gasteiger partial charge in [-0.3, -0.25) is 4.90 Å². The van der Waals surface area contributed by atoms with E-state index < -0.39 is 6.23 Å². The van der Waals surface area contributed by atoms with Crippen molar-refractivity contribution in [3.63, 3.8) is 0 Å². The minimum atomic E-state index is -0.395. The maximum atomic E-state index is 11.3. The van der Waals surface area contributed by atoms with E-state index in [1.54, 1.807) is 0 Å². The Hall–Kier alpha value is -1.57. The Balaban J connectivity index is 1.19. The van der Waals surface area contributed by atoms with E-state index in [9.17, 15) is 10.4 Å². The summed E-state index contributed by atoms with van der Waals surface area (Å²) in [6, 6.07) is 10.0. The van der Waals surface area contributed by atoms with Crippen molar-refractivity contribution in [3.8, 4) is 11.8 Å². The van der Waals surface area contributed by atoms with Crippen LogP contribution in [0.4, 0.5) is 0 Å². The average Bonchev–Trinajstić information content (AvgIpc) is 3.45. The molecule has 3 heterocycles. The summed E-state index contributed by atoms with van der Waals surface area (Å²) in [5.74, 6) is 3.27. The van der Waals surface area contributed by atoms with Gasteiger partial charge in [0.2, 0.25) is 0 Å². The van der Waals surface area contributed by atoms with Crippen molar-refractivity contribution in [1.29, 1.82) is 5.26 Å². The van der Waals surface area contributed by atoms with Crippen molar-refractivity contribution in [2.24, 2.45) is 17.3 Å². The van der Waals surface area contributed by atoms with E-state index in [0.29, 0.717) is 29.8 Å². The Kier molecular flexibility index (Phi) is 4.06. The molecule has 5 unspecified atom stereocenters. The van der Waals surface area contributed by atoms with Crippen molar-refractivity contribution in [3.05, 3.63) is 29.3 Å². The van der Waals surface area contributed by atoms with Crippen LogP contribution in [0, 0.1) is 28.6 Å². The van der Waals surface area contributed by atoms with Crippen molar-refractivity contribution in [2.45, 2.75) is 88.4 Å². The fraction of sp³-hybridized carbons (Fsp3) is 0.720. The van der Waals surface area contributed by atoms with Gasteiger partial charge < -0.3 is 9.84 Å². The number of fused-ring (bicyclic) bond motifs is 1. The SMILES string of the molecule is CC(CC(O)N1C2CC3CC1CC(C#N)(C3)C2)C1COc2cccc(C3CC3)c21. The van der Waals surface area contributed by atoms with Gasteiger partial charge in [0.1, 0.15) is 12.0 Å². The molecule has 5 fully saturated rings. The number of hydrogen-bond donors (Lipinski definition) is 1.